The molecule has 0 aromatic rings. The number of aliphatic hydroxyl groups is 1. The normalized spacial score (nSPS) is 17.9. The Balaban J connectivity index is 2.63. The lowest BCUT2D eigenvalue weighted by Gasteiger charge is -2.41. The number of amides is 1. The van der Waals surface area contributed by atoms with E-state index in [0.29, 0.717) is 12.5 Å². The van der Waals surface area contributed by atoms with E-state index in [1.807, 2.05) is 0 Å². The third-order valence-electron chi connectivity index (χ3n) is 3.53. The molecule has 0 saturated heterocycles. The Morgan fingerprint density at radius 2 is 2.29 bits per heavy atom. The molecule has 0 aliphatic heterocycles. The number of nitrogens with two attached hydrogens (primary N) is 1. The van der Waals surface area contributed by atoms with E-state index in [1.54, 1.807) is 0 Å². The molecule has 0 aromatic heterocycles. The summed E-state index contributed by atoms with van der Waals surface area (Å²) in [5.74, 6) is 5.15. The van der Waals surface area contributed by atoms with Crippen LogP contribution < -0.4 is 11.3 Å². The lowest BCUT2D eigenvalue weighted by Crippen LogP contribution is -2.54. The van der Waals surface area contributed by atoms with Gasteiger partial charge >= 0.3 is 0 Å². The second-order valence-corrected chi connectivity index (χ2v) is 4.71. The van der Waals surface area contributed by atoms with Gasteiger partial charge in [-0.1, -0.05) is 19.8 Å². The van der Waals surface area contributed by atoms with E-state index in [1.165, 1.54) is 6.42 Å². The minimum absolute atomic E-state index is 0.100. The first kappa shape index (κ1) is 14.4. The summed E-state index contributed by atoms with van der Waals surface area (Å²) in [5, 5.41) is 8.94. The predicted molar refractivity (Wildman–Crippen MR) is 67.1 cm³/mol. The van der Waals surface area contributed by atoms with Crippen molar-refractivity contribution >= 4 is 5.91 Å². The summed E-state index contributed by atoms with van der Waals surface area (Å²) in [6.07, 6.45) is 6.05. The molecule has 1 unspecified atom stereocenters. The summed E-state index contributed by atoms with van der Waals surface area (Å²) in [7, 11) is 0. The Labute approximate surface area is 103 Å². The van der Waals surface area contributed by atoms with Crippen LogP contribution in [-0.2, 0) is 4.79 Å². The molecule has 1 rings (SSSR count). The SMILES string of the molecule is CCCC(C(=O)NN)N(CCCO)C1CCC1. The number of aliphatic hydroxyl groups excluding tert-OH is 1. The highest BCUT2D eigenvalue weighted by Gasteiger charge is 2.33. The molecule has 5 heteroatoms. The molecule has 0 bridgehead atoms. The molecular weight excluding hydrogens is 218 g/mol. The van der Waals surface area contributed by atoms with Crippen LogP contribution in [-0.4, -0.2) is 41.1 Å². The smallest absolute Gasteiger partial charge is 0.251 e. The van der Waals surface area contributed by atoms with Gasteiger partial charge < -0.3 is 5.11 Å². The van der Waals surface area contributed by atoms with E-state index in [9.17, 15) is 4.79 Å². The second kappa shape index (κ2) is 7.63. The lowest BCUT2D eigenvalue weighted by molar-refractivity contribution is -0.128. The number of hydrazine groups is 1. The number of nitrogens with zero attached hydrogens (tertiary/aromatic N) is 1. The van der Waals surface area contributed by atoms with Crippen molar-refractivity contribution in [3.8, 4) is 0 Å². The Hall–Kier alpha value is -0.650. The summed E-state index contributed by atoms with van der Waals surface area (Å²) in [5.41, 5.74) is 2.27. The molecule has 4 N–H and O–H groups in total. The quantitative estimate of drug-likeness (QED) is 0.327. The number of hydrogen-bond acceptors (Lipinski definition) is 4. The summed E-state index contributed by atoms with van der Waals surface area (Å²) in [6, 6.07) is 0.359. The molecule has 100 valence electrons. The Kier molecular flexibility index (Phi) is 6.47. The topological polar surface area (TPSA) is 78.6 Å². The minimum Gasteiger partial charge on any atom is -0.396 e. The van der Waals surface area contributed by atoms with Crippen LogP contribution in [0.4, 0.5) is 0 Å². The number of hydrogen-bond donors (Lipinski definition) is 3. The molecule has 1 amide bonds. The zero-order valence-electron chi connectivity index (χ0n) is 10.7. The average Bonchev–Trinajstić information content (AvgIpc) is 2.28. The van der Waals surface area contributed by atoms with Gasteiger partial charge in [0, 0.05) is 19.2 Å². The molecule has 0 aromatic carbocycles. The molecule has 0 spiro atoms. The molecule has 5 nitrogen and oxygen atoms in total. The summed E-state index contributed by atoms with van der Waals surface area (Å²) in [4.78, 5) is 14.0. The van der Waals surface area contributed by atoms with Gasteiger partial charge in [0.1, 0.15) is 0 Å². The third-order valence-corrected chi connectivity index (χ3v) is 3.53. The largest absolute Gasteiger partial charge is 0.396 e. The van der Waals surface area contributed by atoms with Crippen LogP contribution in [0.5, 0.6) is 0 Å². The highest BCUT2D eigenvalue weighted by Crippen LogP contribution is 2.27. The Bertz CT molecular complexity index is 232. The van der Waals surface area contributed by atoms with Crippen LogP contribution in [0.2, 0.25) is 0 Å². The van der Waals surface area contributed by atoms with Gasteiger partial charge in [0.2, 0.25) is 0 Å². The van der Waals surface area contributed by atoms with Gasteiger partial charge in [-0.25, -0.2) is 5.84 Å². The van der Waals surface area contributed by atoms with Crippen molar-refractivity contribution in [3.05, 3.63) is 0 Å². The van der Waals surface area contributed by atoms with Crippen molar-refractivity contribution in [2.45, 2.75) is 57.5 Å². The highest BCUT2D eigenvalue weighted by atomic mass is 16.3. The van der Waals surface area contributed by atoms with Gasteiger partial charge in [0.25, 0.3) is 5.91 Å². The first-order valence-corrected chi connectivity index (χ1v) is 6.61. The fourth-order valence-corrected chi connectivity index (χ4v) is 2.38. The van der Waals surface area contributed by atoms with E-state index in [4.69, 9.17) is 10.9 Å². The molecule has 17 heavy (non-hydrogen) atoms. The lowest BCUT2D eigenvalue weighted by atomic mass is 9.89. The first-order chi connectivity index (χ1) is 8.24. The number of carbonyl (C=O) groups excluding carboxylic acids is 1. The fraction of sp³-hybridized carbons (Fsp3) is 0.917. The summed E-state index contributed by atoms with van der Waals surface area (Å²) in [6.45, 7) is 3.02. The van der Waals surface area contributed by atoms with Crippen LogP contribution in [0.3, 0.4) is 0 Å². The van der Waals surface area contributed by atoms with Gasteiger partial charge in [-0.05, 0) is 25.7 Å². The number of rotatable bonds is 8. The molecule has 1 saturated carbocycles. The van der Waals surface area contributed by atoms with Gasteiger partial charge in [0.15, 0.2) is 0 Å². The maximum absolute atomic E-state index is 11.8. The highest BCUT2D eigenvalue weighted by molar-refractivity contribution is 5.81. The van der Waals surface area contributed by atoms with Crippen molar-refractivity contribution in [1.82, 2.24) is 10.3 Å². The Morgan fingerprint density at radius 1 is 1.59 bits per heavy atom. The van der Waals surface area contributed by atoms with E-state index >= 15 is 0 Å². The van der Waals surface area contributed by atoms with E-state index in [2.05, 4.69) is 17.2 Å². The van der Waals surface area contributed by atoms with Crippen molar-refractivity contribution < 1.29 is 9.90 Å². The van der Waals surface area contributed by atoms with Crippen LogP contribution in [0, 0.1) is 0 Å². The van der Waals surface area contributed by atoms with Gasteiger partial charge in [-0.2, -0.15) is 0 Å². The molecule has 0 heterocycles. The van der Waals surface area contributed by atoms with Gasteiger partial charge in [-0.15, -0.1) is 0 Å². The molecule has 1 atom stereocenters. The maximum atomic E-state index is 11.8. The second-order valence-electron chi connectivity index (χ2n) is 4.71. The molecule has 1 aliphatic rings. The van der Waals surface area contributed by atoms with Crippen LogP contribution in [0.25, 0.3) is 0 Å². The van der Waals surface area contributed by atoms with Crippen LogP contribution >= 0.6 is 0 Å². The molecular formula is C12H25N3O2. The van der Waals surface area contributed by atoms with E-state index < -0.39 is 0 Å². The van der Waals surface area contributed by atoms with Crippen molar-refractivity contribution in [3.63, 3.8) is 0 Å². The Morgan fingerprint density at radius 3 is 2.71 bits per heavy atom. The van der Waals surface area contributed by atoms with E-state index in [-0.39, 0.29) is 18.6 Å². The van der Waals surface area contributed by atoms with Crippen molar-refractivity contribution in [1.29, 1.82) is 0 Å². The summed E-state index contributed by atoms with van der Waals surface area (Å²) < 4.78 is 0. The number of nitrogens with one attached hydrogen (secondary N) is 1. The zero-order chi connectivity index (χ0) is 12.7. The molecule has 1 fully saturated rings. The monoisotopic (exact) mass is 243 g/mol. The van der Waals surface area contributed by atoms with Gasteiger partial charge in [-0.3, -0.25) is 15.1 Å². The maximum Gasteiger partial charge on any atom is 0.251 e. The third kappa shape index (κ3) is 3.94. The van der Waals surface area contributed by atoms with Crippen LogP contribution in [0.1, 0.15) is 45.4 Å². The minimum atomic E-state index is -0.137. The van der Waals surface area contributed by atoms with Gasteiger partial charge in [0.05, 0.1) is 6.04 Å². The van der Waals surface area contributed by atoms with E-state index in [0.717, 1.165) is 32.2 Å². The number of carbonyl (C=O) groups is 1. The molecule has 1 aliphatic carbocycles. The van der Waals surface area contributed by atoms with Crippen molar-refractivity contribution in [2.75, 3.05) is 13.2 Å². The van der Waals surface area contributed by atoms with Crippen molar-refractivity contribution in [2.24, 2.45) is 5.84 Å². The summed E-state index contributed by atoms with van der Waals surface area (Å²) >= 11 is 0. The average molecular weight is 243 g/mol. The fourth-order valence-electron chi connectivity index (χ4n) is 2.38. The van der Waals surface area contributed by atoms with Crippen LogP contribution in [0.15, 0.2) is 0 Å². The molecule has 0 radical (unpaired) electrons. The predicted octanol–water partition coefficient (Wildman–Crippen LogP) is 0.382. The first-order valence-electron chi connectivity index (χ1n) is 6.61. The standard InChI is InChI=1S/C12H25N3O2/c1-2-5-11(12(17)14-13)15(8-4-9-16)10-6-3-7-10/h10-11,16H,2-9,13H2,1H3,(H,14,17). The zero-order valence-corrected chi connectivity index (χ0v) is 10.7.